The lowest BCUT2D eigenvalue weighted by Gasteiger charge is -2.01. The second-order valence-electron chi connectivity index (χ2n) is 5.58. The Morgan fingerprint density at radius 2 is 2.00 bits per heavy atom. The fraction of sp³-hybridized carbons (Fsp3) is 0.263. The average Bonchev–Trinajstić information content (AvgIpc) is 3.19. The van der Waals surface area contributed by atoms with Gasteiger partial charge in [0, 0.05) is 17.5 Å². The summed E-state index contributed by atoms with van der Waals surface area (Å²) in [5.74, 6) is 0.0216. The molecule has 1 aromatic heterocycles. The predicted molar refractivity (Wildman–Crippen MR) is 90.3 cm³/mol. The van der Waals surface area contributed by atoms with E-state index in [2.05, 4.69) is 29.0 Å². The van der Waals surface area contributed by atoms with Crippen LogP contribution in [0.5, 0.6) is 0 Å². The van der Waals surface area contributed by atoms with Crippen LogP contribution in [0.4, 0.5) is 0 Å². The van der Waals surface area contributed by atoms with E-state index in [0.717, 1.165) is 36.9 Å². The molecular weight excluding hydrogens is 288 g/mol. The Bertz CT molecular complexity index is 725. The van der Waals surface area contributed by atoms with Gasteiger partial charge < -0.3 is 9.72 Å². The number of hydrogen-bond donors (Lipinski definition) is 1. The van der Waals surface area contributed by atoms with Gasteiger partial charge in [0.25, 0.3) is 0 Å². The van der Waals surface area contributed by atoms with E-state index < -0.39 is 0 Å². The van der Waals surface area contributed by atoms with Crippen LogP contribution in [0.1, 0.15) is 36.6 Å². The number of H-pyrrole nitrogens is 1. The maximum absolute atomic E-state index is 11.9. The Labute approximate surface area is 135 Å². The number of aliphatic imine (C=N–C) groups is 1. The van der Waals surface area contributed by atoms with Gasteiger partial charge in [-0.2, -0.15) is 0 Å². The third-order valence-electron chi connectivity index (χ3n) is 3.77. The molecule has 1 aliphatic heterocycles. The largest absolute Gasteiger partial charge is 0.402 e. The van der Waals surface area contributed by atoms with Crippen LogP contribution in [0.15, 0.2) is 59.4 Å². The molecule has 0 amide bonds. The summed E-state index contributed by atoms with van der Waals surface area (Å²) in [6.07, 6.45) is 7.49. The number of aromatic amines is 1. The van der Waals surface area contributed by atoms with Gasteiger partial charge in [-0.1, -0.05) is 31.6 Å². The molecule has 0 spiro atoms. The summed E-state index contributed by atoms with van der Waals surface area (Å²) in [7, 11) is 0. The number of cyclic esters (lactones) is 1. The van der Waals surface area contributed by atoms with E-state index in [1.54, 1.807) is 0 Å². The van der Waals surface area contributed by atoms with Crippen molar-refractivity contribution in [2.75, 3.05) is 0 Å². The summed E-state index contributed by atoms with van der Waals surface area (Å²) in [4.78, 5) is 19.4. The molecule has 118 valence electrons. The Hall–Kier alpha value is -2.62. The lowest BCUT2D eigenvalue weighted by Crippen LogP contribution is -2.05. The molecule has 0 saturated heterocycles. The third-order valence-corrected chi connectivity index (χ3v) is 3.77. The summed E-state index contributed by atoms with van der Waals surface area (Å²) >= 11 is 0. The van der Waals surface area contributed by atoms with Gasteiger partial charge in [0.15, 0.2) is 0 Å². The SMILES string of the molecule is CCCc1ccc(C2=N/C(=C\CCc3ccc[nH]3)C(=O)O2)cc1. The van der Waals surface area contributed by atoms with Gasteiger partial charge in [0.2, 0.25) is 5.90 Å². The van der Waals surface area contributed by atoms with Crippen LogP contribution in [0.25, 0.3) is 0 Å². The van der Waals surface area contributed by atoms with E-state index in [-0.39, 0.29) is 5.97 Å². The maximum Gasteiger partial charge on any atom is 0.363 e. The van der Waals surface area contributed by atoms with E-state index in [0.29, 0.717) is 11.6 Å². The molecule has 0 fully saturated rings. The first-order valence-corrected chi connectivity index (χ1v) is 7.99. The highest BCUT2D eigenvalue weighted by molar-refractivity contribution is 6.11. The molecular formula is C19H20N2O2. The smallest absolute Gasteiger partial charge is 0.363 e. The van der Waals surface area contributed by atoms with Gasteiger partial charge in [-0.3, -0.25) is 0 Å². The molecule has 1 N–H and O–H groups in total. The van der Waals surface area contributed by atoms with Crippen molar-refractivity contribution in [2.45, 2.75) is 32.6 Å². The topological polar surface area (TPSA) is 54.5 Å². The zero-order valence-electron chi connectivity index (χ0n) is 13.2. The quantitative estimate of drug-likeness (QED) is 0.652. The van der Waals surface area contributed by atoms with Crippen LogP contribution in [-0.4, -0.2) is 16.9 Å². The van der Waals surface area contributed by atoms with E-state index >= 15 is 0 Å². The lowest BCUT2D eigenvalue weighted by molar-refractivity contribution is -0.130. The minimum absolute atomic E-state index is 0.371. The number of aromatic nitrogens is 1. The average molecular weight is 308 g/mol. The number of carbonyl (C=O) groups is 1. The second kappa shape index (κ2) is 7.09. The first kappa shape index (κ1) is 15.3. The zero-order chi connectivity index (χ0) is 16.1. The fourth-order valence-corrected chi connectivity index (χ4v) is 2.56. The van der Waals surface area contributed by atoms with Crippen molar-refractivity contribution in [1.29, 1.82) is 0 Å². The number of ether oxygens (including phenoxy) is 1. The maximum atomic E-state index is 11.9. The van der Waals surface area contributed by atoms with E-state index in [1.807, 2.05) is 36.5 Å². The Balaban J connectivity index is 1.67. The number of nitrogens with zero attached hydrogens (tertiary/aromatic N) is 1. The summed E-state index contributed by atoms with van der Waals surface area (Å²) in [6.45, 7) is 2.15. The summed E-state index contributed by atoms with van der Waals surface area (Å²) in [5, 5.41) is 0. The zero-order valence-corrected chi connectivity index (χ0v) is 13.2. The number of aryl methyl sites for hydroxylation is 2. The van der Waals surface area contributed by atoms with Crippen molar-refractivity contribution in [3.63, 3.8) is 0 Å². The van der Waals surface area contributed by atoms with E-state index in [1.165, 1.54) is 5.56 Å². The Morgan fingerprint density at radius 3 is 2.70 bits per heavy atom. The third kappa shape index (κ3) is 3.77. The van der Waals surface area contributed by atoms with Gasteiger partial charge in [-0.05, 0) is 49.1 Å². The van der Waals surface area contributed by atoms with Crippen LogP contribution in [0.3, 0.4) is 0 Å². The molecule has 2 heterocycles. The van der Waals surface area contributed by atoms with Crippen molar-refractivity contribution in [3.8, 4) is 0 Å². The molecule has 23 heavy (non-hydrogen) atoms. The highest BCUT2D eigenvalue weighted by Crippen LogP contribution is 2.18. The van der Waals surface area contributed by atoms with Crippen LogP contribution in [-0.2, 0) is 22.4 Å². The first-order chi connectivity index (χ1) is 11.3. The summed E-state index contributed by atoms with van der Waals surface area (Å²) in [6, 6.07) is 12.0. The molecule has 1 aromatic carbocycles. The molecule has 0 saturated carbocycles. The molecule has 0 atom stereocenters. The molecule has 2 aromatic rings. The normalized spacial score (nSPS) is 15.8. The number of esters is 1. The van der Waals surface area contributed by atoms with Crippen molar-refractivity contribution in [2.24, 2.45) is 4.99 Å². The number of nitrogens with one attached hydrogen (secondary N) is 1. The Kier molecular flexibility index (Phi) is 4.71. The number of allylic oxidation sites excluding steroid dienone is 1. The fourth-order valence-electron chi connectivity index (χ4n) is 2.56. The summed E-state index contributed by atoms with van der Waals surface area (Å²) < 4.78 is 5.28. The highest BCUT2D eigenvalue weighted by atomic mass is 16.6. The molecule has 3 rings (SSSR count). The first-order valence-electron chi connectivity index (χ1n) is 7.99. The highest BCUT2D eigenvalue weighted by Gasteiger charge is 2.23. The van der Waals surface area contributed by atoms with Gasteiger partial charge in [0.1, 0.15) is 5.70 Å². The van der Waals surface area contributed by atoms with Crippen LogP contribution >= 0.6 is 0 Å². The number of benzene rings is 1. The van der Waals surface area contributed by atoms with E-state index in [9.17, 15) is 4.79 Å². The van der Waals surface area contributed by atoms with Gasteiger partial charge in [-0.25, -0.2) is 9.79 Å². The van der Waals surface area contributed by atoms with Gasteiger partial charge in [0.05, 0.1) is 0 Å². The van der Waals surface area contributed by atoms with Crippen LogP contribution in [0.2, 0.25) is 0 Å². The van der Waals surface area contributed by atoms with Crippen LogP contribution < -0.4 is 0 Å². The van der Waals surface area contributed by atoms with Crippen molar-refractivity contribution >= 4 is 11.9 Å². The molecule has 0 bridgehead atoms. The number of hydrogen-bond acceptors (Lipinski definition) is 3. The molecule has 4 nitrogen and oxygen atoms in total. The molecule has 0 radical (unpaired) electrons. The monoisotopic (exact) mass is 308 g/mol. The minimum Gasteiger partial charge on any atom is -0.402 e. The van der Waals surface area contributed by atoms with Crippen LogP contribution in [0, 0.1) is 0 Å². The number of carbonyl (C=O) groups excluding carboxylic acids is 1. The van der Waals surface area contributed by atoms with Crippen molar-refractivity contribution in [3.05, 3.63) is 71.2 Å². The standard InChI is InChI=1S/C19H20N2O2/c1-2-5-14-9-11-15(12-10-14)18-21-17(19(22)23-18)8-3-6-16-7-4-13-20-16/h4,7-13,20H,2-3,5-6H2,1H3/b17-8-. The lowest BCUT2D eigenvalue weighted by atomic mass is 10.1. The minimum atomic E-state index is -0.371. The number of rotatable bonds is 6. The molecule has 1 aliphatic rings. The van der Waals surface area contributed by atoms with E-state index in [4.69, 9.17) is 4.74 Å². The second-order valence-corrected chi connectivity index (χ2v) is 5.58. The molecule has 0 aliphatic carbocycles. The van der Waals surface area contributed by atoms with Crippen molar-refractivity contribution in [1.82, 2.24) is 4.98 Å². The van der Waals surface area contributed by atoms with Gasteiger partial charge in [-0.15, -0.1) is 0 Å². The van der Waals surface area contributed by atoms with Gasteiger partial charge >= 0.3 is 5.97 Å². The molecule has 4 heteroatoms. The predicted octanol–water partition coefficient (Wildman–Crippen LogP) is 3.79. The summed E-state index contributed by atoms with van der Waals surface area (Å²) in [5.41, 5.74) is 3.65. The molecule has 0 unspecified atom stereocenters. The Morgan fingerprint density at radius 1 is 1.17 bits per heavy atom. The van der Waals surface area contributed by atoms with Crippen molar-refractivity contribution < 1.29 is 9.53 Å².